The molecule has 3 aromatic heterocycles. The van der Waals surface area contributed by atoms with Crippen LogP contribution in [0.2, 0.25) is 17.3 Å². The number of furan rings is 1. The van der Waals surface area contributed by atoms with E-state index < -0.39 is 13.3 Å². The van der Waals surface area contributed by atoms with E-state index in [4.69, 9.17) is 9.40 Å². The van der Waals surface area contributed by atoms with Crippen LogP contribution in [-0.2, 0) is 20.1 Å². The average Bonchev–Trinajstić information content (AvgIpc) is 3.56. The first-order valence-electron chi connectivity index (χ1n) is 14.0. The maximum atomic E-state index is 6.18. The summed E-state index contributed by atoms with van der Waals surface area (Å²) in [5, 5.41) is 2.23. The third kappa shape index (κ3) is 5.87. The first-order chi connectivity index (χ1) is 19.8. The number of para-hydroxylation sites is 3. The minimum atomic E-state index is -1.72. The summed E-state index contributed by atoms with van der Waals surface area (Å²) in [5.41, 5.74) is 6.86. The minimum Gasteiger partial charge on any atom is 0 e. The molecule has 0 saturated heterocycles. The molecule has 0 unspecified atom stereocenters. The molecule has 0 amide bonds. The molecule has 0 spiro atoms. The standard InChI is InChI=1S/C22H17N2O.C14H16GeN.Ir/c1-14(2)24-19-12-5-4-11-18(19)23-22(24)17-10-7-9-16-15-8-3-6-13-20(15)25-21(16)17;1-15(2,3)13-9-10-14(16-11-13)12-7-5-4-6-8-12;/h3-9,11-14H,1-2H3;4-7,9-11H,1-3H3;/q2*-1;. The number of hydrogen-bond acceptors (Lipinski definition) is 3. The summed E-state index contributed by atoms with van der Waals surface area (Å²) in [7, 11) is 0. The third-order valence-corrected chi connectivity index (χ3v) is 11.5. The number of benzene rings is 4. The van der Waals surface area contributed by atoms with Gasteiger partial charge in [-0.1, -0.05) is 41.3 Å². The molecule has 7 rings (SSSR count). The van der Waals surface area contributed by atoms with E-state index >= 15 is 0 Å². The molecule has 1 radical (unpaired) electrons. The molecule has 4 nitrogen and oxygen atoms in total. The van der Waals surface area contributed by atoms with Gasteiger partial charge in [-0.3, -0.25) is 4.98 Å². The molecule has 7 aromatic rings. The van der Waals surface area contributed by atoms with Crippen molar-refractivity contribution >= 4 is 50.6 Å². The van der Waals surface area contributed by atoms with Crippen LogP contribution in [0.15, 0.2) is 108 Å². The first-order valence-corrected chi connectivity index (χ1v) is 21.4. The van der Waals surface area contributed by atoms with Crippen molar-refractivity contribution in [2.24, 2.45) is 0 Å². The fourth-order valence-electron chi connectivity index (χ4n) is 5.15. The summed E-state index contributed by atoms with van der Waals surface area (Å²) in [6, 6.07) is 39.5. The van der Waals surface area contributed by atoms with Gasteiger partial charge in [0.2, 0.25) is 0 Å². The molecule has 6 heteroatoms. The Bertz CT molecular complexity index is 1950. The van der Waals surface area contributed by atoms with Gasteiger partial charge in [-0.15, -0.1) is 18.2 Å². The number of rotatable bonds is 4. The van der Waals surface area contributed by atoms with Gasteiger partial charge in [0.1, 0.15) is 5.58 Å². The average molecular weight is 789 g/mol. The van der Waals surface area contributed by atoms with E-state index in [0.29, 0.717) is 0 Å². The molecule has 213 valence electrons. The molecular weight excluding hydrogens is 755 g/mol. The molecule has 0 aliphatic rings. The number of imidazole rings is 1. The Balaban J connectivity index is 0.000000181. The maximum Gasteiger partial charge on any atom is 0 e. The topological polar surface area (TPSA) is 43.9 Å². The predicted octanol–water partition coefficient (Wildman–Crippen LogP) is 9.08. The second-order valence-electron chi connectivity index (χ2n) is 11.5. The van der Waals surface area contributed by atoms with E-state index in [0.717, 1.165) is 55.6 Å². The van der Waals surface area contributed by atoms with Gasteiger partial charge < -0.3 is 8.98 Å². The van der Waals surface area contributed by atoms with Crippen LogP contribution in [0.5, 0.6) is 0 Å². The van der Waals surface area contributed by atoms with Gasteiger partial charge >= 0.3 is 99.8 Å². The first kappa shape index (κ1) is 30.0. The molecule has 42 heavy (non-hydrogen) atoms. The van der Waals surface area contributed by atoms with Crippen molar-refractivity contribution in [1.82, 2.24) is 14.5 Å². The Morgan fingerprint density at radius 2 is 1.55 bits per heavy atom. The number of pyridine rings is 1. The predicted molar refractivity (Wildman–Crippen MR) is 173 cm³/mol. The summed E-state index contributed by atoms with van der Waals surface area (Å²) >= 11 is -1.72. The van der Waals surface area contributed by atoms with Crippen LogP contribution in [0.25, 0.3) is 55.6 Å². The monoisotopic (exact) mass is 790 g/mol. The van der Waals surface area contributed by atoms with Gasteiger partial charge in [0.25, 0.3) is 0 Å². The quantitative estimate of drug-likeness (QED) is 0.132. The van der Waals surface area contributed by atoms with E-state index in [-0.39, 0.29) is 26.1 Å². The molecule has 0 aliphatic heterocycles. The van der Waals surface area contributed by atoms with Crippen molar-refractivity contribution in [2.75, 3.05) is 0 Å². The molecule has 0 aliphatic carbocycles. The maximum absolute atomic E-state index is 6.18. The number of fused-ring (bicyclic) bond motifs is 4. The fraction of sp³-hybridized carbons (Fsp3) is 0.167. The zero-order chi connectivity index (χ0) is 28.6. The van der Waals surface area contributed by atoms with Gasteiger partial charge in [-0.25, -0.2) is 0 Å². The largest absolute Gasteiger partial charge is 0 e. The van der Waals surface area contributed by atoms with E-state index in [1.54, 1.807) is 0 Å². The van der Waals surface area contributed by atoms with Crippen LogP contribution in [-0.4, -0.2) is 27.8 Å². The van der Waals surface area contributed by atoms with Gasteiger partial charge in [0.15, 0.2) is 0 Å². The Kier molecular flexibility index (Phi) is 8.84. The van der Waals surface area contributed by atoms with Crippen molar-refractivity contribution in [3.8, 4) is 22.6 Å². The smallest absolute Gasteiger partial charge is 0 e. The van der Waals surface area contributed by atoms with E-state index in [2.05, 4.69) is 95.3 Å². The molecule has 0 fully saturated rings. The van der Waals surface area contributed by atoms with E-state index in [1.165, 1.54) is 4.40 Å². The van der Waals surface area contributed by atoms with Gasteiger partial charge in [-0.05, 0) is 32.0 Å². The zero-order valence-corrected chi connectivity index (χ0v) is 29.0. The Morgan fingerprint density at radius 1 is 0.786 bits per heavy atom. The second kappa shape index (κ2) is 12.4. The molecule has 0 N–H and O–H groups in total. The van der Waals surface area contributed by atoms with Crippen LogP contribution < -0.4 is 4.40 Å². The van der Waals surface area contributed by atoms with Crippen molar-refractivity contribution in [1.29, 1.82) is 0 Å². The van der Waals surface area contributed by atoms with E-state index in [1.807, 2.05) is 60.8 Å². The molecule has 3 heterocycles. The minimum absolute atomic E-state index is 0. The van der Waals surface area contributed by atoms with Gasteiger partial charge in [-0.2, -0.15) is 0 Å². The van der Waals surface area contributed by atoms with E-state index in [9.17, 15) is 0 Å². The van der Waals surface area contributed by atoms with Crippen LogP contribution in [0, 0.1) is 12.1 Å². The summed E-state index contributed by atoms with van der Waals surface area (Å²) in [6.45, 7) is 4.35. The van der Waals surface area contributed by atoms with Crippen LogP contribution in [0.4, 0.5) is 0 Å². The fourth-order valence-corrected chi connectivity index (χ4v) is 7.32. The Morgan fingerprint density at radius 3 is 2.26 bits per heavy atom. The van der Waals surface area contributed by atoms with Crippen molar-refractivity contribution in [3.63, 3.8) is 0 Å². The Hall–Kier alpha value is -3.51. The van der Waals surface area contributed by atoms with Gasteiger partial charge in [0.05, 0.1) is 22.4 Å². The molecular formula is C36H33GeIrN3O-2. The summed E-state index contributed by atoms with van der Waals surface area (Å²) in [6.07, 6.45) is 2.04. The summed E-state index contributed by atoms with van der Waals surface area (Å²) in [4.78, 5) is 9.43. The SMILES string of the molecule is CC(C)n1c(-c2[c-]ccc3c2oc2ccccc23)nc2ccccc21.[CH3][Ge]([CH3])([CH3])[c]1ccc(-c2[c-]cccc2)nc1.[Ir]. The van der Waals surface area contributed by atoms with Crippen LogP contribution >= 0.6 is 0 Å². The summed E-state index contributed by atoms with van der Waals surface area (Å²) in [5.74, 6) is 8.04. The van der Waals surface area contributed by atoms with Crippen molar-refractivity contribution in [2.45, 2.75) is 37.2 Å². The molecule has 0 atom stereocenters. The number of nitrogens with zero attached hydrogens (tertiary/aromatic N) is 3. The van der Waals surface area contributed by atoms with Gasteiger partial charge in [0, 0.05) is 31.5 Å². The van der Waals surface area contributed by atoms with Crippen molar-refractivity contribution < 1.29 is 24.5 Å². The van der Waals surface area contributed by atoms with Crippen LogP contribution in [0.3, 0.4) is 0 Å². The zero-order valence-electron chi connectivity index (χ0n) is 24.5. The molecule has 4 aromatic carbocycles. The number of aromatic nitrogens is 3. The second-order valence-corrected chi connectivity index (χ2v) is 22.2. The third-order valence-electron chi connectivity index (χ3n) is 7.29. The molecule has 0 saturated carbocycles. The summed E-state index contributed by atoms with van der Waals surface area (Å²) < 4.78 is 9.89. The van der Waals surface area contributed by atoms with Crippen LogP contribution in [0.1, 0.15) is 19.9 Å². The van der Waals surface area contributed by atoms with Crippen molar-refractivity contribution in [3.05, 3.63) is 115 Å². The number of hydrogen-bond donors (Lipinski definition) is 0. The normalized spacial score (nSPS) is 11.5. The Labute approximate surface area is 263 Å². The molecule has 0 bridgehead atoms.